The fourth-order valence-corrected chi connectivity index (χ4v) is 1.61. The summed E-state index contributed by atoms with van der Waals surface area (Å²) in [6, 6.07) is 1.87. The average Bonchev–Trinajstić information content (AvgIpc) is 3.05. The standard InChI is InChI=1S/C12H19N5O2/c18-11(16-10-3-4-10)9-14-12(19)13-5-1-7-17-8-2-6-15-17/h2,6,8,10H,1,3-5,7,9H2,(H,16,18)(H2,13,14,19). The van der Waals surface area contributed by atoms with Crippen LogP contribution in [0, 0.1) is 0 Å². The van der Waals surface area contributed by atoms with Gasteiger partial charge in [0.1, 0.15) is 0 Å². The summed E-state index contributed by atoms with van der Waals surface area (Å²) < 4.78 is 1.81. The van der Waals surface area contributed by atoms with Crippen molar-refractivity contribution in [3.8, 4) is 0 Å². The molecule has 7 nitrogen and oxygen atoms in total. The summed E-state index contributed by atoms with van der Waals surface area (Å²) in [5.41, 5.74) is 0. The number of nitrogens with zero attached hydrogens (tertiary/aromatic N) is 2. The van der Waals surface area contributed by atoms with Crippen LogP contribution in [0.1, 0.15) is 19.3 Å². The van der Waals surface area contributed by atoms with Gasteiger partial charge in [0.15, 0.2) is 0 Å². The monoisotopic (exact) mass is 265 g/mol. The van der Waals surface area contributed by atoms with Gasteiger partial charge in [-0.2, -0.15) is 5.10 Å². The summed E-state index contributed by atoms with van der Waals surface area (Å²) in [4.78, 5) is 22.7. The minimum absolute atomic E-state index is 0.0293. The lowest BCUT2D eigenvalue weighted by Crippen LogP contribution is -2.42. The van der Waals surface area contributed by atoms with Gasteiger partial charge in [0, 0.05) is 31.5 Å². The van der Waals surface area contributed by atoms with Crippen LogP contribution in [0.2, 0.25) is 0 Å². The molecule has 3 amide bonds. The molecule has 2 rings (SSSR count). The highest BCUT2D eigenvalue weighted by Crippen LogP contribution is 2.18. The summed E-state index contributed by atoms with van der Waals surface area (Å²) in [5.74, 6) is -0.130. The number of hydrogen-bond acceptors (Lipinski definition) is 3. The van der Waals surface area contributed by atoms with Crippen LogP contribution in [-0.4, -0.2) is 40.9 Å². The van der Waals surface area contributed by atoms with Gasteiger partial charge in [-0.25, -0.2) is 4.79 Å². The van der Waals surface area contributed by atoms with Crippen molar-refractivity contribution in [2.45, 2.75) is 31.8 Å². The first kappa shape index (κ1) is 13.4. The van der Waals surface area contributed by atoms with Crippen LogP contribution in [0.5, 0.6) is 0 Å². The van der Waals surface area contributed by atoms with Crippen LogP contribution in [0.15, 0.2) is 18.5 Å². The molecule has 1 aliphatic carbocycles. The number of amides is 3. The first-order valence-corrected chi connectivity index (χ1v) is 6.52. The Balaban J connectivity index is 1.48. The van der Waals surface area contributed by atoms with Gasteiger partial charge in [-0.1, -0.05) is 0 Å². The Hall–Kier alpha value is -2.05. The van der Waals surface area contributed by atoms with Crippen molar-refractivity contribution in [2.24, 2.45) is 0 Å². The minimum atomic E-state index is -0.314. The molecule has 1 aromatic rings. The number of aryl methyl sites for hydroxylation is 1. The second-order valence-corrected chi connectivity index (χ2v) is 4.57. The second kappa shape index (κ2) is 6.77. The molecule has 0 unspecified atom stereocenters. The second-order valence-electron chi connectivity index (χ2n) is 4.57. The number of urea groups is 1. The lowest BCUT2D eigenvalue weighted by molar-refractivity contribution is -0.120. The third kappa shape index (κ3) is 5.41. The Morgan fingerprint density at radius 3 is 2.84 bits per heavy atom. The predicted molar refractivity (Wildman–Crippen MR) is 69.4 cm³/mol. The van der Waals surface area contributed by atoms with Crippen LogP contribution in [0.25, 0.3) is 0 Å². The van der Waals surface area contributed by atoms with Crippen molar-refractivity contribution in [3.05, 3.63) is 18.5 Å². The molecule has 1 aromatic heterocycles. The zero-order chi connectivity index (χ0) is 13.5. The molecule has 0 saturated heterocycles. The van der Waals surface area contributed by atoms with E-state index in [1.54, 1.807) is 6.20 Å². The first-order chi connectivity index (χ1) is 9.24. The van der Waals surface area contributed by atoms with Crippen molar-refractivity contribution >= 4 is 11.9 Å². The van der Waals surface area contributed by atoms with E-state index in [-0.39, 0.29) is 18.5 Å². The number of carbonyl (C=O) groups is 2. The molecule has 0 aromatic carbocycles. The maximum atomic E-state index is 11.4. The highest BCUT2D eigenvalue weighted by molar-refractivity contribution is 5.84. The smallest absolute Gasteiger partial charge is 0.315 e. The molecule has 1 aliphatic rings. The van der Waals surface area contributed by atoms with Gasteiger partial charge in [0.2, 0.25) is 5.91 Å². The maximum Gasteiger partial charge on any atom is 0.315 e. The van der Waals surface area contributed by atoms with Crippen molar-refractivity contribution < 1.29 is 9.59 Å². The maximum absolute atomic E-state index is 11.4. The Morgan fingerprint density at radius 2 is 2.16 bits per heavy atom. The van der Waals surface area contributed by atoms with E-state index in [0.717, 1.165) is 25.8 Å². The summed E-state index contributed by atoms with van der Waals surface area (Å²) in [6.07, 6.45) is 6.49. The van der Waals surface area contributed by atoms with Gasteiger partial charge in [-0.05, 0) is 25.3 Å². The number of hydrogen-bond donors (Lipinski definition) is 3. The Morgan fingerprint density at radius 1 is 1.32 bits per heavy atom. The van der Waals surface area contributed by atoms with Gasteiger partial charge in [-0.15, -0.1) is 0 Å². The van der Waals surface area contributed by atoms with Gasteiger partial charge in [0.25, 0.3) is 0 Å². The van der Waals surface area contributed by atoms with E-state index in [1.807, 2.05) is 16.9 Å². The number of aromatic nitrogens is 2. The Labute approximate surface area is 111 Å². The lowest BCUT2D eigenvalue weighted by atomic mass is 10.4. The SMILES string of the molecule is O=C(CNC(=O)NCCCn1cccn1)NC1CC1. The third-order valence-electron chi connectivity index (χ3n) is 2.76. The highest BCUT2D eigenvalue weighted by atomic mass is 16.2. The van der Waals surface area contributed by atoms with Gasteiger partial charge in [0.05, 0.1) is 6.54 Å². The van der Waals surface area contributed by atoms with E-state index in [0.29, 0.717) is 12.6 Å². The van der Waals surface area contributed by atoms with Crippen LogP contribution in [0.3, 0.4) is 0 Å². The summed E-state index contributed by atoms with van der Waals surface area (Å²) in [6.45, 7) is 1.34. The molecule has 1 heterocycles. The van der Waals surface area contributed by atoms with Crippen molar-refractivity contribution in [1.82, 2.24) is 25.7 Å². The number of nitrogens with one attached hydrogen (secondary N) is 3. The minimum Gasteiger partial charge on any atom is -0.352 e. The molecule has 3 N–H and O–H groups in total. The van der Waals surface area contributed by atoms with E-state index in [4.69, 9.17) is 0 Å². The molecule has 0 bridgehead atoms. The zero-order valence-corrected chi connectivity index (χ0v) is 10.8. The van der Waals surface area contributed by atoms with E-state index < -0.39 is 0 Å². The summed E-state index contributed by atoms with van der Waals surface area (Å²) in [7, 11) is 0. The van der Waals surface area contributed by atoms with Crippen LogP contribution < -0.4 is 16.0 Å². The number of carbonyl (C=O) groups excluding carboxylic acids is 2. The molecule has 19 heavy (non-hydrogen) atoms. The van der Waals surface area contributed by atoms with Crippen molar-refractivity contribution in [1.29, 1.82) is 0 Å². The molecule has 1 saturated carbocycles. The molecule has 104 valence electrons. The van der Waals surface area contributed by atoms with E-state index >= 15 is 0 Å². The summed E-state index contributed by atoms with van der Waals surface area (Å²) in [5, 5.41) is 12.1. The fourth-order valence-electron chi connectivity index (χ4n) is 1.61. The van der Waals surface area contributed by atoms with Crippen molar-refractivity contribution in [3.63, 3.8) is 0 Å². The lowest BCUT2D eigenvalue weighted by Gasteiger charge is -2.08. The van der Waals surface area contributed by atoms with E-state index in [2.05, 4.69) is 21.0 Å². The van der Waals surface area contributed by atoms with Crippen LogP contribution >= 0.6 is 0 Å². The van der Waals surface area contributed by atoms with Crippen LogP contribution in [-0.2, 0) is 11.3 Å². The molecular formula is C12H19N5O2. The van der Waals surface area contributed by atoms with Gasteiger partial charge in [-0.3, -0.25) is 9.48 Å². The average molecular weight is 265 g/mol. The summed E-state index contributed by atoms with van der Waals surface area (Å²) >= 11 is 0. The van der Waals surface area contributed by atoms with Crippen LogP contribution in [0.4, 0.5) is 4.79 Å². The Kier molecular flexibility index (Phi) is 4.77. The van der Waals surface area contributed by atoms with E-state index in [9.17, 15) is 9.59 Å². The molecule has 0 spiro atoms. The molecule has 0 radical (unpaired) electrons. The van der Waals surface area contributed by atoms with E-state index in [1.165, 1.54) is 0 Å². The normalized spacial score (nSPS) is 13.9. The molecular weight excluding hydrogens is 246 g/mol. The number of rotatable bonds is 7. The molecule has 7 heteroatoms. The quantitative estimate of drug-likeness (QED) is 0.599. The van der Waals surface area contributed by atoms with Gasteiger partial charge >= 0.3 is 6.03 Å². The Bertz CT molecular complexity index is 414. The topological polar surface area (TPSA) is 88.1 Å². The molecule has 0 atom stereocenters. The largest absolute Gasteiger partial charge is 0.352 e. The molecule has 0 aliphatic heterocycles. The van der Waals surface area contributed by atoms with Gasteiger partial charge < -0.3 is 16.0 Å². The first-order valence-electron chi connectivity index (χ1n) is 6.52. The van der Waals surface area contributed by atoms with Crippen molar-refractivity contribution in [2.75, 3.05) is 13.1 Å². The fraction of sp³-hybridized carbons (Fsp3) is 0.583. The third-order valence-corrected chi connectivity index (χ3v) is 2.76. The zero-order valence-electron chi connectivity index (χ0n) is 10.8. The predicted octanol–water partition coefficient (Wildman–Crippen LogP) is -0.149. The highest BCUT2D eigenvalue weighted by Gasteiger charge is 2.22. The molecule has 1 fully saturated rings.